The first-order valence-electron chi connectivity index (χ1n) is 6.73. The van der Waals surface area contributed by atoms with Crippen molar-refractivity contribution < 1.29 is 19.2 Å². The number of benzene rings is 1. The van der Waals surface area contributed by atoms with E-state index in [1.165, 1.54) is 0 Å². The van der Waals surface area contributed by atoms with Crippen LogP contribution in [0.4, 0.5) is 5.69 Å². The number of aromatic carboxylic acids is 1. The molecule has 1 aliphatic heterocycles. The number of carboxylic acids is 1. The molecule has 0 fully saturated rings. The lowest BCUT2D eigenvalue weighted by Gasteiger charge is -2.31. The normalized spacial score (nSPS) is 13.7. The molecule has 0 saturated heterocycles. The Labute approximate surface area is 121 Å². The van der Waals surface area contributed by atoms with Gasteiger partial charge in [-0.05, 0) is 26.0 Å². The van der Waals surface area contributed by atoms with Crippen molar-refractivity contribution in [2.75, 3.05) is 18.1 Å². The summed E-state index contributed by atoms with van der Waals surface area (Å²) in [5.41, 5.74) is 2.87. The first kappa shape index (κ1) is 13.5. The molecule has 6 nitrogen and oxygen atoms in total. The van der Waals surface area contributed by atoms with Gasteiger partial charge in [0.15, 0.2) is 5.75 Å². The average Bonchev–Trinajstić information content (AvgIpc) is 2.78. The highest BCUT2D eigenvalue weighted by molar-refractivity contribution is 5.93. The van der Waals surface area contributed by atoms with Crippen LogP contribution in [0.25, 0.3) is 0 Å². The number of aromatic nitrogens is 1. The molecule has 110 valence electrons. The first-order valence-corrected chi connectivity index (χ1v) is 6.73. The van der Waals surface area contributed by atoms with Crippen molar-refractivity contribution in [3.8, 4) is 5.75 Å². The predicted molar refractivity (Wildman–Crippen MR) is 75.9 cm³/mol. The number of ether oxygens (including phenoxy) is 1. The van der Waals surface area contributed by atoms with Gasteiger partial charge < -0.3 is 19.3 Å². The number of anilines is 1. The topological polar surface area (TPSA) is 75.8 Å². The van der Waals surface area contributed by atoms with Crippen LogP contribution >= 0.6 is 0 Å². The minimum absolute atomic E-state index is 0.191. The van der Waals surface area contributed by atoms with Crippen LogP contribution in [0.5, 0.6) is 5.75 Å². The Balaban J connectivity index is 1.98. The Bertz CT molecular complexity index is 673. The second-order valence-electron chi connectivity index (χ2n) is 5.03. The smallest absolute Gasteiger partial charge is 0.339 e. The van der Waals surface area contributed by atoms with Gasteiger partial charge in [-0.25, -0.2) is 4.79 Å². The van der Waals surface area contributed by atoms with E-state index in [4.69, 9.17) is 9.26 Å². The zero-order valence-corrected chi connectivity index (χ0v) is 11.9. The second kappa shape index (κ2) is 5.12. The van der Waals surface area contributed by atoms with Crippen LogP contribution in [0.2, 0.25) is 0 Å². The first-order chi connectivity index (χ1) is 10.1. The largest absolute Gasteiger partial charge is 0.489 e. The minimum Gasteiger partial charge on any atom is -0.489 e. The number of hydrogen-bond acceptors (Lipinski definition) is 5. The van der Waals surface area contributed by atoms with Crippen molar-refractivity contribution in [1.29, 1.82) is 0 Å². The molecule has 0 radical (unpaired) electrons. The molecule has 1 aromatic heterocycles. The quantitative estimate of drug-likeness (QED) is 0.934. The summed E-state index contributed by atoms with van der Waals surface area (Å²) in [6.45, 7) is 5.56. The maximum absolute atomic E-state index is 11.3. The van der Waals surface area contributed by atoms with Crippen LogP contribution in [-0.4, -0.2) is 29.4 Å². The zero-order valence-electron chi connectivity index (χ0n) is 11.9. The fraction of sp³-hybridized carbons (Fsp3) is 0.333. The Morgan fingerprint density at radius 2 is 2.24 bits per heavy atom. The van der Waals surface area contributed by atoms with Crippen molar-refractivity contribution in [3.63, 3.8) is 0 Å². The Morgan fingerprint density at radius 3 is 2.90 bits per heavy atom. The lowest BCUT2D eigenvalue weighted by molar-refractivity contribution is 0.0692. The fourth-order valence-corrected chi connectivity index (χ4v) is 2.56. The average molecular weight is 288 g/mol. The fourth-order valence-electron chi connectivity index (χ4n) is 2.56. The molecule has 2 aromatic rings. The summed E-state index contributed by atoms with van der Waals surface area (Å²) in [4.78, 5) is 13.4. The van der Waals surface area contributed by atoms with Crippen LogP contribution in [0.1, 0.15) is 27.4 Å². The third-order valence-corrected chi connectivity index (χ3v) is 3.70. The van der Waals surface area contributed by atoms with Crippen molar-refractivity contribution in [2.24, 2.45) is 0 Å². The van der Waals surface area contributed by atoms with Gasteiger partial charge in [-0.15, -0.1) is 0 Å². The number of aryl methyl sites for hydroxylation is 2. The third-order valence-electron chi connectivity index (χ3n) is 3.70. The van der Waals surface area contributed by atoms with Gasteiger partial charge in [0.1, 0.15) is 17.9 Å². The van der Waals surface area contributed by atoms with Gasteiger partial charge in [-0.1, -0.05) is 11.2 Å². The molecule has 1 aromatic carbocycles. The maximum Gasteiger partial charge on any atom is 0.339 e. The maximum atomic E-state index is 11.3. The highest BCUT2D eigenvalue weighted by Crippen LogP contribution is 2.36. The Morgan fingerprint density at radius 1 is 1.43 bits per heavy atom. The lowest BCUT2D eigenvalue weighted by atomic mass is 10.1. The number of rotatable bonds is 3. The molecule has 0 bridgehead atoms. The number of fused-ring (bicyclic) bond motifs is 1. The molecule has 1 N–H and O–H groups in total. The van der Waals surface area contributed by atoms with Gasteiger partial charge in [0.05, 0.1) is 17.9 Å². The van der Waals surface area contributed by atoms with Crippen LogP contribution < -0.4 is 9.64 Å². The molecule has 0 amide bonds. The van der Waals surface area contributed by atoms with Crippen LogP contribution in [0.3, 0.4) is 0 Å². The molecule has 21 heavy (non-hydrogen) atoms. The second-order valence-corrected chi connectivity index (χ2v) is 5.03. The highest BCUT2D eigenvalue weighted by Gasteiger charge is 2.25. The molecule has 0 saturated carbocycles. The molecule has 3 rings (SSSR count). The van der Waals surface area contributed by atoms with Crippen molar-refractivity contribution in [3.05, 3.63) is 40.8 Å². The van der Waals surface area contributed by atoms with E-state index in [9.17, 15) is 9.90 Å². The van der Waals surface area contributed by atoms with E-state index < -0.39 is 5.97 Å². The summed E-state index contributed by atoms with van der Waals surface area (Å²) in [6, 6.07) is 5.16. The molecule has 0 spiro atoms. The molecule has 0 atom stereocenters. The number of carbonyl (C=O) groups is 1. The molecular formula is C15H16N2O4. The van der Waals surface area contributed by atoms with E-state index in [0.717, 1.165) is 22.7 Å². The number of carboxylic acid groups (broad SMARTS) is 1. The SMILES string of the molecule is Cc1noc(C)c1CN1CCOc2c(C(=O)O)cccc21. The predicted octanol–water partition coefficient (Wildman–Crippen LogP) is 2.39. The third kappa shape index (κ3) is 2.33. The summed E-state index contributed by atoms with van der Waals surface area (Å²) >= 11 is 0. The van der Waals surface area contributed by atoms with Gasteiger partial charge in [0.2, 0.25) is 0 Å². The Kier molecular flexibility index (Phi) is 3.29. The molecule has 6 heteroatoms. The van der Waals surface area contributed by atoms with E-state index in [2.05, 4.69) is 10.1 Å². The summed E-state index contributed by atoms with van der Waals surface area (Å²) < 4.78 is 10.7. The highest BCUT2D eigenvalue weighted by atomic mass is 16.5. The molecule has 0 aliphatic carbocycles. The Hall–Kier alpha value is -2.50. The molecule has 0 unspecified atom stereocenters. The van der Waals surface area contributed by atoms with E-state index in [1.54, 1.807) is 12.1 Å². The van der Waals surface area contributed by atoms with Gasteiger partial charge in [-0.2, -0.15) is 0 Å². The summed E-state index contributed by atoms with van der Waals surface area (Å²) in [7, 11) is 0. The molecule has 2 heterocycles. The lowest BCUT2D eigenvalue weighted by Crippen LogP contribution is -2.33. The van der Waals surface area contributed by atoms with E-state index in [0.29, 0.717) is 25.4 Å². The van der Waals surface area contributed by atoms with E-state index in [-0.39, 0.29) is 5.56 Å². The summed E-state index contributed by atoms with van der Waals surface area (Å²) in [5, 5.41) is 13.2. The van der Waals surface area contributed by atoms with Gasteiger partial charge >= 0.3 is 5.97 Å². The van der Waals surface area contributed by atoms with Gasteiger partial charge in [0.25, 0.3) is 0 Å². The van der Waals surface area contributed by atoms with Gasteiger partial charge in [0, 0.05) is 12.1 Å². The minimum atomic E-state index is -0.981. The monoisotopic (exact) mass is 288 g/mol. The van der Waals surface area contributed by atoms with Gasteiger partial charge in [-0.3, -0.25) is 0 Å². The van der Waals surface area contributed by atoms with Crippen LogP contribution in [0, 0.1) is 13.8 Å². The van der Waals surface area contributed by atoms with E-state index in [1.807, 2.05) is 19.9 Å². The number of nitrogens with zero attached hydrogens (tertiary/aromatic N) is 2. The molecular weight excluding hydrogens is 272 g/mol. The molecule has 1 aliphatic rings. The number of hydrogen-bond donors (Lipinski definition) is 1. The van der Waals surface area contributed by atoms with E-state index >= 15 is 0 Å². The summed E-state index contributed by atoms with van der Waals surface area (Å²) in [5.74, 6) is 0.240. The van der Waals surface area contributed by atoms with Crippen LogP contribution in [-0.2, 0) is 6.54 Å². The summed E-state index contributed by atoms with van der Waals surface area (Å²) in [6.07, 6.45) is 0. The van der Waals surface area contributed by atoms with Crippen molar-refractivity contribution >= 4 is 11.7 Å². The standard InChI is InChI=1S/C15H16N2O4/c1-9-12(10(2)21-16-9)8-17-6-7-20-14-11(15(18)19)4-3-5-13(14)17/h3-5H,6-8H2,1-2H3,(H,18,19). The zero-order chi connectivity index (χ0) is 15.0. The van der Waals surface area contributed by atoms with Crippen molar-refractivity contribution in [1.82, 2.24) is 5.16 Å². The van der Waals surface area contributed by atoms with Crippen molar-refractivity contribution in [2.45, 2.75) is 20.4 Å². The van der Waals surface area contributed by atoms with Crippen LogP contribution in [0.15, 0.2) is 22.7 Å². The number of para-hydroxylation sites is 1.